The lowest BCUT2D eigenvalue weighted by atomic mass is 9.99. The fourth-order valence-corrected chi connectivity index (χ4v) is 5.08. The largest absolute Gasteiger partial charge is 0.496 e. The lowest BCUT2D eigenvalue weighted by molar-refractivity contribution is 0.00853. The molecule has 0 aliphatic carbocycles. The highest BCUT2D eigenvalue weighted by molar-refractivity contribution is 7.11. The van der Waals surface area contributed by atoms with Crippen LogP contribution in [0.1, 0.15) is 20.2 Å². The maximum Gasteiger partial charge on any atom is 0.282 e. The third kappa shape index (κ3) is 4.36. The van der Waals surface area contributed by atoms with Gasteiger partial charge in [-0.1, -0.05) is 30.3 Å². The topological polar surface area (TPSA) is 66.0 Å². The summed E-state index contributed by atoms with van der Waals surface area (Å²) >= 11 is 1.38. The molecule has 0 N–H and O–H groups in total. The first-order valence-electron chi connectivity index (χ1n) is 11.1. The molecule has 8 heteroatoms. The second-order valence-corrected chi connectivity index (χ2v) is 9.21. The average Bonchev–Trinajstić information content (AvgIpc) is 3.38. The number of piperazine rings is 1. The van der Waals surface area contributed by atoms with E-state index < -0.39 is 0 Å². The summed E-state index contributed by atoms with van der Waals surface area (Å²) in [5.74, 6) is 0.817. The van der Waals surface area contributed by atoms with Crippen molar-refractivity contribution in [3.8, 4) is 16.9 Å². The van der Waals surface area contributed by atoms with Gasteiger partial charge in [-0.15, -0.1) is 11.3 Å². The molecule has 5 rings (SSSR count). The van der Waals surface area contributed by atoms with E-state index in [-0.39, 0.29) is 11.8 Å². The maximum atomic E-state index is 13.1. The Kier molecular flexibility index (Phi) is 6.11. The second kappa shape index (κ2) is 9.33. The number of nitrogens with zero attached hydrogens (tertiary/aromatic N) is 4. The quantitative estimate of drug-likeness (QED) is 0.583. The molecule has 33 heavy (non-hydrogen) atoms. The van der Waals surface area contributed by atoms with Crippen molar-refractivity contribution in [3.05, 3.63) is 70.7 Å². The van der Waals surface area contributed by atoms with Gasteiger partial charge in [0.25, 0.3) is 11.8 Å². The smallest absolute Gasteiger partial charge is 0.282 e. The lowest BCUT2D eigenvalue weighted by Crippen LogP contribution is -2.64. The number of rotatable bonds is 5. The Morgan fingerprint density at radius 3 is 2.39 bits per heavy atom. The summed E-state index contributed by atoms with van der Waals surface area (Å²) in [5.41, 5.74) is 2.62. The highest BCUT2D eigenvalue weighted by Crippen LogP contribution is 2.32. The summed E-state index contributed by atoms with van der Waals surface area (Å²) in [6.45, 7) is 4.47. The zero-order valence-electron chi connectivity index (χ0n) is 18.5. The fourth-order valence-electron chi connectivity index (χ4n) is 4.47. The zero-order valence-corrected chi connectivity index (χ0v) is 19.3. The number of hydrogen-bond donors (Lipinski definition) is 0. The van der Waals surface area contributed by atoms with Crippen LogP contribution < -0.4 is 4.74 Å². The average molecular weight is 463 g/mol. The molecule has 3 heterocycles. The first kappa shape index (κ1) is 21.6. The molecular weight excluding hydrogens is 436 g/mol. The molecule has 0 unspecified atom stereocenters. The van der Waals surface area contributed by atoms with Crippen molar-refractivity contribution in [1.29, 1.82) is 0 Å². The van der Waals surface area contributed by atoms with Gasteiger partial charge in [0, 0.05) is 68.0 Å². The van der Waals surface area contributed by atoms with Crippen LogP contribution in [0.3, 0.4) is 0 Å². The van der Waals surface area contributed by atoms with Gasteiger partial charge in [0.05, 0.1) is 7.11 Å². The van der Waals surface area contributed by atoms with Gasteiger partial charge in [0.1, 0.15) is 5.75 Å². The second-order valence-electron chi connectivity index (χ2n) is 8.31. The van der Waals surface area contributed by atoms with E-state index >= 15 is 0 Å². The van der Waals surface area contributed by atoms with E-state index in [0.29, 0.717) is 42.8 Å². The Hall–Kier alpha value is -3.23. The molecule has 0 radical (unpaired) electrons. The molecule has 0 spiro atoms. The van der Waals surface area contributed by atoms with Crippen molar-refractivity contribution < 1.29 is 14.3 Å². The highest BCUT2D eigenvalue weighted by Gasteiger charge is 2.37. The van der Waals surface area contributed by atoms with Crippen molar-refractivity contribution in [1.82, 2.24) is 19.7 Å². The number of thiazole rings is 1. The van der Waals surface area contributed by atoms with Crippen molar-refractivity contribution in [2.75, 3.05) is 46.4 Å². The van der Waals surface area contributed by atoms with Crippen LogP contribution in [-0.4, -0.2) is 83.9 Å². The number of amides is 2. The third-order valence-electron chi connectivity index (χ3n) is 6.41. The number of benzene rings is 2. The van der Waals surface area contributed by atoms with Crippen LogP contribution in [-0.2, 0) is 0 Å². The van der Waals surface area contributed by atoms with Gasteiger partial charge in [0.2, 0.25) is 0 Å². The molecule has 2 aliphatic heterocycles. The van der Waals surface area contributed by atoms with Crippen LogP contribution >= 0.6 is 11.3 Å². The number of carbonyl (C=O) groups excluding carboxylic acids is 2. The van der Waals surface area contributed by atoms with Gasteiger partial charge in [-0.3, -0.25) is 14.5 Å². The van der Waals surface area contributed by atoms with E-state index in [9.17, 15) is 9.59 Å². The van der Waals surface area contributed by atoms with Crippen LogP contribution in [0, 0.1) is 0 Å². The van der Waals surface area contributed by atoms with E-state index in [4.69, 9.17) is 4.74 Å². The van der Waals surface area contributed by atoms with E-state index in [0.717, 1.165) is 30.0 Å². The summed E-state index contributed by atoms with van der Waals surface area (Å²) in [6.07, 6.45) is 1.67. The maximum absolute atomic E-state index is 13.1. The number of ether oxygens (including phenoxy) is 1. The lowest BCUT2D eigenvalue weighted by Gasteiger charge is -2.48. The van der Waals surface area contributed by atoms with Gasteiger partial charge in [-0.2, -0.15) is 0 Å². The number of aromatic nitrogens is 1. The van der Waals surface area contributed by atoms with Gasteiger partial charge in [-0.05, 0) is 23.8 Å². The molecule has 2 aromatic carbocycles. The number of carbonyl (C=O) groups is 2. The predicted molar refractivity (Wildman–Crippen MR) is 128 cm³/mol. The van der Waals surface area contributed by atoms with E-state index in [2.05, 4.69) is 9.88 Å². The Morgan fingerprint density at radius 2 is 1.73 bits per heavy atom. The molecule has 170 valence electrons. The van der Waals surface area contributed by atoms with Crippen LogP contribution in [0.25, 0.3) is 11.1 Å². The predicted octanol–water partition coefficient (Wildman–Crippen LogP) is 3.10. The Balaban J connectivity index is 1.18. The minimum absolute atomic E-state index is 0.0174. The Morgan fingerprint density at radius 1 is 0.970 bits per heavy atom. The van der Waals surface area contributed by atoms with Crippen molar-refractivity contribution in [3.63, 3.8) is 0 Å². The zero-order chi connectivity index (χ0) is 22.8. The molecule has 0 bridgehead atoms. The number of methoxy groups -OCH3 is 1. The molecule has 2 aliphatic rings. The molecule has 1 aromatic heterocycles. The first-order valence-corrected chi connectivity index (χ1v) is 12.0. The van der Waals surface area contributed by atoms with E-state index in [1.165, 1.54) is 11.3 Å². The SMILES string of the molecule is COc1ccc(C(=O)N2CC(N3CCN(C(=O)c4nccs4)CC3)C2)cc1-c1ccccc1. The summed E-state index contributed by atoms with van der Waals surface area (Å²) in [6, 6.07) is 15.9. The van der Waals surface area contributed by atoms with Gasteiger partial charge < -0.3 is 14.5 Å². The Labute approximate surface area is 197 Å². The molecule has 7 nitrogen and oxygen atoms in total. The highest BCUT2D eigenvalue weighted by atomic mass is 32.1. The molecule has 0 saturated carbocycles. The monoisotopic (exact) mass is 462 g/mol. The first-order chi connectivity index (χ1) is 16.1. The van der Waals surface area contributed by atoms with Crippen molar-refractivity contribution in [2.45, 2.75) is 6.04 Å². The molecule has 2 fully saturated rings. The van der Waals surface area contributed by atoms with E-state index in [1.54, 1.807) is 13.3 Å². The van der Waals surface area contributed by atoms with Crippen LogP contribution in [0.5, 0.6) is 5.75 Å². The summed E-state index contributed by atoms with van der Waals surface area (Å²) < 4.78 is 5.52. The van der Waals surface area contributed by atoms with Crippen LogP contribution in [0.2, 0.25) is 0 Å². The van der Waals surface area contributed by atoms with Crippen LogP contribution in [0.15, 0.2) is 60.1 Å². The molecule has 2 saturated heterocycles. The van der Waals surface area contributed by atoms with Gasteiger partial charge in [0.15, 0.2) is 5.01 Å². The minimum Gasteiger partial charge on any atom is -0.496 e. The van der Waals surface area contributed by atoms with Gasteiger partial charge >= 0.3 is 0 Å². The number of hydrogen-bond acceptors (Lipinski definition) is 6. The molecule has 2 amide bonds. The van der Waals surface area contributed by atoms with Crippen molar-refractivity contribution in [2.24, 2.45) is 0 Å². The number of likely N-dealkylation sites (tertiary alicyclic amines) is 1. The summed E-state index contributed by atoms with van der Waals surface area (Å²) in [7, 11) is 1.65. The summed E-state index contributed by atoms with van der Waals surface area (Å²) in [5, 5.41) is 2.38. The normalized spacial score (nSPS) is 17.0. The minimum atomic E-state index is 0.0174. The third-order valence-corrected chi connectivity index (χ3v) is 7.17. The van der Waals surface area contributed by atoms with Gasteiger partial charge in [-0.25, -0.2) is 4.98 Å². The molecule has 0 atom stereocenters. The standard InChI is InChI=1S/C25H26N4O3S/c1-32-22-8-7-19(15-21(22)18-5-3-2-4-6-18)24(30)29-16-20(17-29)27-10-12-28(13-11-27)25(31)23-26-9-14-33-23/h2-9,14-15,20H,10-13,16-17H2,1H3. The van der Waals surface area contributed by atoms with Crippen LogP contribution in [0.4, 0.5) is 0 Å². The fraction of sp³-hybridized carbons (Fsp3) is 0.320. The van der Waals surface area contributed by atoms with E-state index in [1.807, 2.05) is 63.7 Å². The summed E-state index contributed by atoms with van der Waals surface area (Å²) in [4.78, 5) is 35.9. The van der Waals surface area contributed by atoms with Crippen molar-refractivity contribution >= 4 is 23.2 Å². The Bertz CT molecular complexity index is 1120. The molecular formula is C25H26N4O3S. The molecule has 3 aromatic rings.